The van der Waals surface area contributed by atoms with E-state index in [2.05, 4.69) is 5.32 Å². The zero-order valence-electron chi connectivity index (χ0n) is 15.9. The Kier molecular flexibility index (Phi) is 8.01. The first kappa shape index (κ1) is 23.1. The van der Waals surface area contributed by atoms with Gasteiger partial charge in [0.15, 0.2) is 0 Å². The minimum Gasteiger partial charge on any atom is -0.481 e. The molecule has 1 aromatic carbocycles. The number of rotatable bonds is 7. The van der Waals surface area contributed by atoms with E-state index in [0.717, 1.165) is 11.8 Å². The van der Waals surface area contributed by atoms with Gasteiger partial charge in [-0.25, -0.2) is 9.59 Å². The van der Waals surface area contributed by atoms with Crippen LogP contribution < -0.4 is 5.32 Å². The first-order chi connectivity index (χ1) is 13.7. The monoisotopic (exact) mass is 459 g/mol. The highest BCUT2D eigenvalue weighted by Crippen LogP contribution is 2.43. The smallest absolute Gasteiger partial charge is 0.336 e. The van der Waals surface area contributed by atoms with Gasteiger partial charge in [-0.2, -0.15) is 0 Å². The van der Waals surface area contributed by atoms with Crippen molar-refractivity contribution in [3.05, 3.63) is 56.3 Å². The van der Waals surface area contributed by atoms with Crippen LogP contribution in [0, 0.1) is 0 Å². The number of hydrogen-bond acceptors (Lipinski definition) is 7. The number of dihydropyridines is 1. The highest BCUT2D eigenvalue weighted by molar-refractivity contribution is 8.00. The fourth-order valence-corrected chi connectivity index (χ4v) is 4.16. The largest absolute Gasteiger partial charge is 0.481 e. The van der Waals surface area contributed by atoms with Crippen molar-refractivity contribution in [3.8, 4) is 0 Å². The second-order valence-corrected chi connectivity index (χ2v) is 7.77. The van der Waals surface area contributed by atoms with Crippen molar-refractivity contribution < 1.29 is 29.0 Å². The van der Waals surface area contributed by atoms with E-state index in [1.807, 2.05) is 0 Å². The van der Waals surface area contributed by atoms with Gasteiger partial charge in [-0.15, -0.1) is 11.8 Å². The molecule has 0 aromatic heterocycles. The molecular formula is C19H19Cl2NO6S. The van der Waals surface area contributed by atoms with Crippen molar-refractivity contribution in [2.75, 3.05) is 25.7 Å². The zero-order valence-corrected chi connectivity index (χ0v) is 18.2. The van der Waals surface area contributed by atoms with E-state index in [1.54, 1.807) is 25.1 Å². The molecule has 10 heteroatoms. The van der Waals surface area contributed by atoms with Crippen LogP contribution >= 0.6 is 35.0 Å². The summed E-state index contributed by atoms with van der Waals surface area (Å²) < 4.78 is 9.87. The first-order valence-corrected chi connectivity index (χ1v) is 10.2. The molecule has 0 aliphatic carbocycles. The molecule has 0 amide bonds. The standard InChI is InChI=1S/C19H19Cl2NO6S/c1-9-14(18(25)27-2)15(10-5-4-6-11(20)17(10)21)16(19(26)28-3)12(22-9)7-29-8-13(23)24/h4-6,15,22H,7-8H2,1-3H3,(H,23,24). The van der Waals surface area contributed by atoms with Crippen LogP contribution in [0.3, 0.4) is 0 Å². The van der Waals surface area contributed by atoms with Crippen LogP contribution in [-0.2, 0) is 23.9 Å². The minimum absolute atomic E-state index is 0.139. The first-order valence-electron chi connectivity index (χ1n) is 8.33. The van der Waals surface area contributed by atoms with Crippen LogP contribution in [0.1, 0.15) is 18.4 Å². The van der Waals surface area contributed by atoms with Gasteiger partial charge in [0.2, 0.25) is 0 Å². The van der Waals surface area contributed by atoms with Gasteiger partial charge in [0.25, 0.3) is 0 Å². The Balaban J connectivity index is 2.71. The highest BCUT2D eigenvalue weighted by atomic mass is 35.5. The molecule has 7 nitrogen and oxygen atoms in total. The minimum atomic E-state index is -0.983. The molecule has 1 aromatic rings. The number of allylic oxidation sites excluding steroid dienone is 1. The summed E-state index contributed by atoms with van der Waals surface area (Å²) in [5.74, 6) is -3.19. The van der Waals surface area contributed by atoms with Gasteiger partial charge < -0.3 is 19.9 Å². The van der Waals surface area contributed by atoms with Crippen LogP contribution in [0.4, 0.5) is 0 Å². The zero-order chi connectivity index (χ0) is 21.7. The third-order valence-electron chi connectivity index (χ3n) is 4.22. The average molecular weight is 460 g/mol. The molecule has 1 heterocycles. The fraction of sp³-hybridized carbons (Fsp3) is 0.316. The van der Waals surface area contributed by atoms with Crippen molar-refractivity contribution in [2.24, 2.45) is 0 Å². The molecule has 29 heavy (non-hydrogen) atoms. The van der Waals surface area contributed by atoms with Gasteiger partial charge in [-0.3, -0.25) is 4.79 Å². The molecule has 1 aliphatic heterocycles. The van der Waals surface area contributed by atoms with Gasteiger partial charge in [-0.05, 0) is 18.6 Å². The Labute approximate surface area is 182 Å². The number of carbonyl (C=O) groups is 3. The van der Waals surface area contributed by atoms with E-state index in [-0.39, 0.29) is 32.7 Å². The summed E-state index contributed by atoms with van der Waals surface area (Å²) in [5.41, 5.74) is 1.64. The van der Waals surface area contributed by atoms with Gasteiger partial charge in [-0.1, -0.05) is 35.3 Å². The summed E-state index contributed by atoms with van der Waals surface area (Å²) in [7, 11) is 2.45. The van der Waals surface area contributed by atoms with Crippen molar-refractivity contribution >= 4 is 52.9 Å². The molecule has 0 radical (unpaired) electrons. The predicted molar refractivity (Wildman–Crippen MR) is 111 cm³/mol. The molecule has 1 aliphatic rings. The maximum absolute atomic E-state index is 12.7. The topological polar surface area (TPSA) is 102 Å². The number of nitrogens with one attached hydrogen (secondary N) is 1. The summed E-state index contributed by atoms with van der Waals surface area (Å²) >= 11 is 13.7. The predicted octanol–water partition coefficient (Wildman–Crippen LogP) is 3.37. The summed E-state index contributed by atoms with van der Waals surface area (Å²) in [5, 5.41) is 12.4. The van der Waals surface area contributed by atoms with Gasteiger partial charge in [0.1, 0.15) is 0 Å². The number of hydrogen-bond donors (Lipinski definition) is 2. The van der Waals surface area contributed by atoms with Gasteiger partial charge in [0.05, 0.1) is 47.1 Å². The molecular weight excluding hydrogens is 441 g/mol. The maximum Gasteiger partial charge on any atom is 0.336 e. The molecule has 1 unspecified atom stereocenters. The van der Waals surface area contributed by atoms with Crippen LogP contribution in [0.2, 0.25) is 10.0 Å². The van der Waals surface area contributed by atoms with E-state index < -0.39 is 23.8 Å². The number of halogens is 2. The summed E-state index contributed by atoms with van der Waals surface area (Å²) in [6.07, 6.45) is 0. The van der Waals surface area contributed by atoms with E-state index in [4.69, 9.17) is 37.8 Å². The number of methoxy groups -OCH3 is 2. The maximum atomic E-state index is 12.7. The fourth-order valence-electron chi connectivity index (χ4n) is 3.04. The van der Waals surface area contributed by atoms with Crippen molar-refractivity contribution in [3.63, 3.8) is 0 Å². The number of carboxylic acid groups (broad SMARTS) is 1. The second-order valence-electron chi connectivity index (χ2n) is 6.00. The normalized spacial score (nSPS) is 16.4. The number of carboxylic acids is 1. The molecule has 0 bridgehead atoms. The van der Waals surface area contributed by atoms with E-state index in [9.17, 15) is 14.4 Å². The van der Waals surface area contributed by atoms with Crippen molar-refractivity contribution in [2.45, 2.75) is 12.8 Å². The average Bonchev–Trinajstić information content (AvgIpc) is 2.68. The third kappa shape index (κ3) is 5.07. The summed E-state index contributed by atoms with van der Waals surface area (Å²) in [6.45, 7) is 1.66. The van der Waals surface area contributed by atoms with E-state index >= 15 is 0 Å². The van der Waals surface area contributed by atoms with Crippen molar-refractivity contribution in [1.82, 2.24) is 5.32 Å². The molecule has 2 N–H and O–H groups in total. The molecule has 0 saturated carbocycles. The lowest BCUT2D eigenvalue weighted by Gasteiger charge is -2.31. The molecule has 1 atom stereocenters. The summed E-state index contributed by atoms with van der Waals surface area (Å²) in [4.78, 5) is 36.2. The lowest BCUT2D eigenvalue weighted by Crippen LogP contribution is -2.34. The van der Waals surface area contributed by atoms with E-state index in [1.165, 1.54) is 14.2 Å². The molecule has 0 spiro atoms. The Morgan fingerprint density at radius 1 is 1.14 bits per heavy atom. The number of esters is 2. The second kappa shape index (κ2) is 10.0. The summed E-state index contributed by atoms with van der Waals surface area (Å²) in [6, 6.07) is 4.91. The van der Waals surface area contributed by atoms with Crippen LogP contribution in [-0.4, -0.2) is 48.7 Å². The lowest BCUT2D eigenvalue weighted by molar-refractivity contribution is -0.137. The van der Waals surface area contributed by atoms with Crippen LogP contribution in [0.15, 0.2) is 40.7 Å². The highest BCUT2D eigenvalue weighted by Gasteiger charge is 2.39. The number of ether oxygens (including phenoxy) is 2. The Morgan fingerprint density at radius 3 is 2.34 bits per heavy atom. The van der Waals surface area contributed by atoms with Crippen LogP contribution in [0.25, 0.3) is 0 Å². The quantitative estimate of drug-likeness (QED) is 0.598. The van der Waals surface area contributed by atoms with Gasteiger partial charge in [0, 0.05) is 17.1 Å². The number of aliphatic carboxylic acids is 1. The lowest BCUT2D eigenvalue weighted by atomic mass is 9.80. The SMILES string of the molecule is COC(=O)C1=C(C)NC(CSCC(=O)O)=C(C(=O)OC)C1c1cccc(Cl)c1Cl. The number of thioether (sulfide) groups is 1. The Morgan fingerprint density at radius 2 is 1.76 bits per heavy atom. The third-order valence-corrected chi connectivity index (χ3v) is 6.00. The van der Waals surface area contributed by atoms with Crippen molar-refractivity contribution in [1.29, 1.82) is 0 Å². The van der Waals surface area contributed by atoms with Crippen LogP contribution in [0.5, 0.6) is 0 Å². The number of carbonyl (C=O) groups excluding carboxylic acids is 2. The molecule has 2 rings (SSSR count). The molecule has 0 saturated heterocycles. The van der Waals surface area contributed by atoms with Gasteiger partial charge >= 0.3 is 17.9 Å². The van der Waals surface area contributed by atoms with E-state index in [0.29, 0.717) is 17.0 Å². The Bertz CT molecular complexity index is 912. The molecule has 156 valence electrons. The Hall–Kier alpha value is -2.16. The molecule has 0 fully saturated rings. The number of benzene rings is 1.